The maximum Gasteiger partial charge on any atom is 0.300 e. The summed E-state index contributed by atoms with van der Waals surface area (Å²) in [4.78, 5) is 28.4. The minimum atomic E-state index is -0.940. The molecule has 8 nitrogen and oxygen atoms in total. The Kier molecular flexibility index (Phi) is 8.35. The number of nitrogens with zero attached hydrogens (tertiary/aromatic N) is 1. The first-order valence-corrected chi connectivity index (χ1v) is 12.7. The fourth-order valence-electron chi connectivity index (χ4n) is 4.36. The predicted octanol–water partition coefficient (Wildman–Crippen LogP) is 6.03. The molecule has 1 amide bonds. The summed E-state index contributed by atoms with van der Waals surface area (Å²) in [5, 5.41) is 11.8. The number of aliphatic hydroxyl groups is 1. The summed E-state index contributed by atoms with van der Waals surface area (Å²) in [6, 6.07) is 15.9. The molecule has 0 aliphatic carbocycles. The Morgan fingerprint density at radius 1 is 0.897 bits per heavy atom. The molecule has 1 unspecified atom stereocenters. The number of rotatable bonds is 9. The van der Waals surface area contributed by atoms with Crippen LogP contribution >= 0.6 is 11.6 Å². The van der Waals surface area contributed by atoms with Crippen LogP contribution in [0.1, 0.15) is 31.0 Å². The second-order valence-electron chi connectivity index (χ2n) is 9.33. The molecule has 1 aliphatic heterocycles. The van der Waals surface area contributed by atoms with Crippen molar-refractivity contribution >= 4 is 34.7 Å². The number of ether oxygens (including phenoxy) is 4. The number of Topliss-reactive ketones (excluding diaryl/α,β-unsaturated/α-hetero) is 1. The van der Waals surface area contributed by atoms with Gasteiger partial charge in [0.25, 0.3) is 11.7 Å². The van der Waals surface area contributed by atoms with Crippen LogP contribution in [0.3, 0.4) is 0 Å². The quantitative estimate of drug-likeness (QED) is 0.197. The summed E-state index contributed by atoms with van der Waals surface area (Å²) in [5.74, 6) is 0.0318. The van der Waals surface area contributed by atoms with Crippen LogP contribution in [0, 0.1) is 5.92 Å². The molecule has 1 saturated heterocycles. The van der Waals surface area contributed by atoms with E-state index in [2.05, 4.69) is 0 Å². The highest BCUT2D eigenvalue weighted by atomic mass is 35.5. The van der Waals surface area contributed by atoms with Crippen LogP contribution in [0.2, 0.25) is 5.02 Å². The first kappa shape index (κ1) is 27.9. The number of carbonyl (C=O) groups is 2. The maximum atomic E-state index is 13.5. The van der Waals surface area contributed by atoms with E-state index >= 15 is 0 Å². The lowest BCUT2D eigenvalue weighted by Crippen LogP contribution is -2.29. The molecule has 1 heterocycles. The largest absolute Gasteiger partial charge is 0.507 e. The Labute approximate surface area is 232 Å². The van der Waals surface area contributed by atoms with Crippen LogP contribution in [-0.2, 0) is 9.59 Å². The summed E-state index contributed by atoms with van der Waals surface area (Å²) in [6.07, 6.45) is 0. The lowest BCUT2D eigenvalue weighted by atomic mass is 9.94. The maximum absolute atomic E-state index is 13.5. The normalized spacial score (nSPS) is 16.5. The summed E-state index contributed by atoms with van der Waals surface area (Å²) in [5.41, 5.74) is 1.12. The third-order valence-electron chi connectivity index (χ3n) is 6.30. The van der Waals surface area contributed by atoms with E-state index in [0.29, 0.717) is 35.3 Å². The van der Waals surface area contributed by atoms with Gasteiger partial charge in [-0.2, -0.15) is 0 Å². The fraction of sp³-hybridized carbons (Fsp3) is 0.267. The molecule has 4 rings (SSSR count). The van der Waals surface area contributed by atoms with Crippen LogP contribution in [-0.4, -0.2) is 44.7 Å². The Balaban J connectivity index is 1.89. The topological polar surface area (TPSA) is 94.5 Å². The first-order valence-electron chi connectivity index (χ1n) is 12.3. The molecule has 1 aliphatic rings. The highest BCUT2D eigenvalue weighted by Gasteiger charge is 2.47. The lowest BCUT2D eigenvalue weighted by Gasteiger charge is -2.26. The fourth-order valence-corrected chi connectivity index (χ4v) is 4.59. The second-order valence-corrected chi connectivity index (χ2v) is 9.74. The third kappa shape index (κ3) is 5.52. The van der Waals surface area contributed by atoms with E-state index in [1.165, 1.54) is 31.3 Å². The van der Waals surface area contributed by atoms with Gasteiger partial charge in [0.2, 0.25) is 0 Å². The number of hydrogen-bond acceptors (Lipinski definition) is 7. The minimum Gasteiger partial charge on any atom is -0.507 e. The number of halogens is 1. The van der Waals surface area contributed by atoms with Crippen molar-refractivity contribution in [3.63, 3.8) is 0 Å². The molecule has 0 aromatic heterocycles. The molecule has 3 aromatic rings. The second kappa shape index (κ2) is 11.7. The number of anilines is 1. The highest BCUT2D eigenvalue weighted by molar-refractivity contribution is 6.51. The number of ketones is 1. The van der Waals surface area contributed by atoms with Crippen LogP contribution < -0.4 is 23.8 Å². The Morgan fingerprint density at radius 2 is 1.51 bits per heavy atom. The van der Waals surface area contributed by atoms with E-state index < -0.39 is 23.5 Å². The smallest absolute Gasteiger partial charge is 0.300 e. The minimum absolute atomic E-state index is 0.104. The van der Waals surface area contributed by atoms with Crippen molar-refractivity contribution in [2.45, 2.75) is 19.9 Å². The van der Waals surface area contributed by atoms with Gasteiger partial charge in [-0.15, -0.1) is 0 Å². The number of benzene rings is 3. The Hall–Kier alpha value is -4.17. The van der Waals surface area contributed by atoms with Crippen LogP contribution in [0.15, 0.2) is 66.2 Å². The van der Waals surface area contributed by atoms with E-state index in [9.17, 15) is 14.7 Å². The van der Waals surface area contributed by atoms with Gasteiger partial charge in [-0.3, -0.25) is 14.5 Å². The van der Waals surface area contributed by atoms with Crippen LogP contribution in [0.4, 0.5) is 5.69 Å². The number of amides is 1. The van der Waals surface area contributed by atoms with Crippen molar-refractivity contribution in [3.8, 4) is 23.0 Å². The van der Waals surface area contributed by atoms with Crippen molar-refractivity contribution in [1.82, 2.24) is 0 Å². The molecule has 39 heavy (non-hydrogen) atoms. The molecular weight excluding hydrogens is 522 g/mol. The monoisotopic (exact) mass is 551 g/mol. The molecular formula is C30H30ClNO7. The lowest BCUT2D eigenvalue weighted by molar-refractivity contribution is -0.132. The van der Waals surface area contributed by atoms with E-state index in [4.69, 9.17) is 30.5 Å². The standard InChI is InChI=1S/C30H30ClNO7/c1-17(2)16-39-21-12-8-19(9-13-21)32-27(18-6-10-20(36-3)11-7-18)26(29(34)30(32)35)28(33)22-14-25(38-5)23(31)15-24(22)37-4/h6-15,17,27,33H,16H2,1-5H3/b28-26+. The van der Waals surface area contributed by atoms with Gasteiger partial charge in [-0.1, -0.05) is 37.6 Å². The zero-order valence-electron chi connectivity index (χ0n) is 22.4. The summed E-state index contributed by atoms with van der Waals surface area (Å²) in [6.45, 7) is 4.64. The molecule has 1 N–H and O–H groups in total. The molecule has 0 spiro atoms. The van der Waals surface area contributed by atoms with E-state index in [-0.39, 0.29) is 27.7 Å². The van der Waals surface area contributed by atoms with Gasteiger partial charge in [0.15, 0.2) is 0 Å². The number of methoxy groups -OCH3 is 3. The molecule has 204 valence electrons. The van der Waals surface area contributed by atoms with Crippen molar-refractivity contribution in [2.24, 2.45) is 5.92 Å². The highest BCUT2D eigenvalue weighted by Crippen LogP contribution is 2.45. The van der Waals surface area contributed by atoms with Gasteiger partial charge in [-0.05, 0) is 53.9 Å². The van der Waals surface area contributed by atoms with Crippen LogP contribution in [0.5, 0.6) is 23.0 Å². The SMILES string of the molecule is COc1ccc(C2/C(=C(\O)c3cc(OC)c(Cl)cc3OC)C(=O)C(=O)N2c2ccc(OCC(C)C)cc2)cc1. The van der Waals surface area contributed by atoms with Crippen molar-refractivity contribution in [3.05, 3.63) is 82.4 Å². The average molecular weight is 552 g/mol. The summed E-state index contributed by atoms with van der Waals surface area (Å²) < 4.78 is 21.8. The van der Waals surface area contributed by atoms with E-state index in [0.717, 1.165) is 0 Å². The molecule has 1 fully saturated rings. The van der Waals surface area contributed by atoms with Gasteiger partial charge in [0.05, 0.1) is 50.1 Å². The zero-order valence-corrected chi connectivity index (χ0v) is 23.1. The van der Waals surface area contributed by atoms with Gasteiger partial charge in [-0.25, -0.2) is 0 Å². The molecule has 9 heteroatoms. The first-order chi connectivity index (χ1) is 18.7. The summed E-state index contributed by atoms with van der Waals surface area (Å²) in [7, 11) is 4.39. The molecule has 3 aromatic carbocycles. The van der Waals surface area contributed by atoms with Gasteiger partial charge < -0.3 is 24.1 Å². The zero-order chi connectivity index (χ0) is 28.3. The Bertz CT molecular complexity index is 1400. The molecule has 1 atom stereocenters. The van der Waals surface area contributed by atoms with Gasteiger partial charge in [0.1, 0.15) is 28.8 Å². The Morgan fingerprint density at radius 3 is 2.08 bits per heavy atom. The number of carbonyl (C=O) groups excluding carboxylic acids is 2. The van der Waals surface area contributed by atoms with Gasteiger partial charge >= 0.3 is 0 Å². The van der Waals surface area contributed by atoms with Crippen molar-refractivity contribution < 1.29 is 33.6 Å². The molecule has 0 bridgehead atoms. The predicted molar refractivity (Wildman–Crippen MR) is 149 cm³/mol. The van der Waals surface area contributed by atoms with E-state index in [1.54, 1.807) is 55.6 Å². The summed E-state index contributed by atoms with van der Waals surface area (Å²) >= 11 is 6.25. The number of aliphatic hydroxyl groups excluding tert-OH is 1. The van der Waals surface area contributed by atoms with Crippen LogP contribution in [0.25, 0.3) is 5.76 Å². The van der Waals surface area contributed by atoms with Gasteiger partial charge in [0, 0.05) is 11.8 Å². The van der Waals surface area contributed by atoms with Crippen molar-refractivity contribution in [1.29, 1.82) is 0 Å². The molecule has 0 radical (unpaired) electrons. The molecule has 0 saturated carbocycles. The van der Waals surface area contributed by atoms with Crippen molar-refractivity contribution in [2.75, 3.05) is 32.8 Å². The average Bonchev–Trinajstić information content (AvgIpc) is 3.21. The van der Waals surface area contributed by atoms with E-state index in [1.807, 2.05) is 13.8 Å². The third-order valence-corrected chi connectivity index (χ3v) is 6.60. The number of hydrogen-bond donors (Lipinski definition) is 1.